The van der Waals surface area contributed by atoms with E-state index in [-0.39, 0.29) is 12.0 Å². The number of aliphatic hydroxyl groups is 1. The quantitative estimate of drug-likeness (QED) is 0.897. The van der Waals surface area contributed by atoms with E-state index in [1.54, 1.807) is 0 Å². The Kier molecular flexibility index (Phi) is 3.67. The summed E-state index contributed by atoms with van der Waals surface area (Å²) in [7, 11) is 0. The van der Waals surface area contributed by atoms with Gasteiger partial charge in [0.25, 0.3) is 0 Å². The zero-order valence-corrected chi connectivity index (χ0v) is 11.9. The van der Waals surface area contributed by atoms with Gasteiger partial charge < -0.3 is 5.11 Å². The molecule has 0 atom stereocenters. The fourth-order valence-electron chi connectivity index (χ4n) is 1.99. The van der Waals surface area contributed by atoms with Crippen molar-refractivity contribution in [1.29, 1.82) is 0 Å². The Morgan fingerprint density at radius 3 is 2.21 bits per heavy atom. The highest BCUT2D eigenvalue weighted by Crippen LogP contribution is 2.25. The highest BCUT2D eigenvalue weighted by atomic mass is 16.3. The van der Waals surface area contributed by atoms with E-state index in [2.05, 4.69) is 55.0 Å². The first-order valence-electron chi connectivity index (χ1n) is 6.46. The lowest BCUT2D eigenvalue weighted by Crippen LogP contribution is -2.10. The van der Waals surface area contributed by atoms with E-state index >= 15 is 0 Å². The monoisotopic (exact) mass is 256 g/mol. The first-order chi connectivity index (χ1) is 8.90. The SMILES string of the molecule is Cc1cc(-c2ccc(C(C)(C)C)cc2)nc(CO)n1. The van der Waals surface area contributed by atoms with Gasteiger partial charge in [-0.25, -0.2) is 9.97 Å². The smallest absolute Gasteiger partial charge is 0.154 e. The third-order valence-corrected chi connectivity index (χ3v) is 3.09. The molecule has 100 valence electrons. The lowest BCUT2D eigenvalue weighted by molar-refractivity contribution is 0.271. The molecule has 1 aromatic heterocycles. The van der Waals surface area contributed by atoms with Crippen LogP contribution in [0.2, 0.25) is 0 Å². The molecule has 2 rings (SSSR count). The van der Waals surface area contributed by atoms with Gasteiger partial charge in [-0.3, -0.25) is 0 Å². The van der Waals surface area contributed by atoms with Crippen molar-refractivity contribution in [3.63, 3.8) is 0 Å². The molecule has 0 saturated heterocycles. The summed E-state index contributed by atoms with van der Waals surface area (Å²) in [6, 6.07) is 10.3. The van der Waals surface area contributed by atoms with Crippen LogP contribution >= 0.6 is 0 Å². The van der Waals surface area contributed by atoms with Gasteiger partial charge in [-0.2, -0.15) is 0 Å². The van der Waals surface area contributed by atoms with Crippen molar-refractivity contribution in [2.75, 3.05) is 0 Å². The molecule has 0 radical (unpaired) electrons. The molecule has 0 aliphatic heterocycles. The van der Waals surface area contributed by atoms with Gasteiger partial charge in [0.2, 0.25) is 0 Å². The van der Waals surface area contributed by atoms with Crippen molar-refractivity contribution in [3.8, 4) is 11.3 Å². The number of aromatic nitrogens is 2. The van der Waals surface area contributed by atoms with Gasteiger partial charge in [-0.15, -0.1) is 0 Å². The molecule has 0 amide bonds. The van der Waals surface area contributed by atoms with Crippen molar-refractivity contribution in [3.05, 3.63) is 47.4 Å². The second-order valence-corrected chi connectivity index (χ2v) is 5.80. The molecule has 0 unspecified atom stereocenters. The van der Waals surface area contributed by atoms with Crippen LogP contribution in [-0.4, -0.2) is 15.1 Å². The highest BCUT2D eigenvalue weighted by Gasteiger charge is 2.13. The van der Waals surface area contributed by atoms with Crippen LogP contribution in [-0.2, 0) is 12.0 Å². The molecule has 0 aliphatic rings. The van der Waals surface area contributed by atoms with Crippen LogP contribution in [0.4, 0.5) is 0 Å². The summed E-state index contributed by atoms with van der Waals surface area (Å²) in [5.74, 6) is 0.467. The van der Waals surface area contributed by atoms with E-state index in [1.165, 1.54) is 5.56 Å². The lowest BCUT2D eigenvalue weighted by atomic mass is 9.86. The molecule has 0 spiro atoms. The topological polar surface area (TPSA) is 46.0 Å². The lowest BCUT2D eigenvalue weighted by Gasteiger charge is -2.19. The predicted octanol–water partition coefficient (Wildman–Crippen LogP) is 3.24. The zero-order chi connectivity index (χ0) is 14.0. The number of aryl methyl sites for hydroxylation is 1. The van der Waals surface area contributed by atoms with Crippen LogP contribution in [0, 0.1) is 6.92 Å². The highest BCUT2D eigenvalue weighted by molar-refractivity contribution is 5.60. The van der Waals surface area contributed by atoms with Gasteiger partial charge >= 0.3 is 0 Å². The Labute approximate surface area is 114 Å². The second-order valence-electron chi connectivity index (χ2n) is 5.80. The number of aliphatic hydroxyl groups excluding tert-OH is 1. The Hall–Kier alpha value is -1.74. The molecule has 3 nitrogen and oxygen atoms in total. The number of hydrogen-bond donors (Lipinski definition) is 1. The summed E-state index contributed by atoms with van der Waals surface area (Å²) in [6.45, 7) is 8.37. The van der Waals surface area contributed by atoms with Crippen molar-refractivity contribution in [1.82, 2.24) is 9.97 Å². The molecule has 19 heavy (non-hydrogen) atoms. The van der Waals surface area contributed by atoms with Gasteiger partial charge in [-0.05, 0) is 24.0 Å². The first kappa shape index (κ1) is 13.7. The van der Waals surface area contributed by atoms with Crippen molar-refractivity contribution < 1.29 is 5.11 Å². The average molecular weight is 256 g/mol. The van der Waals surface area contributed by atoms with E-state index < -0.39 is 0 Å². The molecule has 1 aromatic carbocycles. The standard InChI is InChI=1S/C16H20N2O/c1-11-9-14(18-15(10-19)17-11)12-5-7-13(8-6-12)16(2,3)4/h5-9,19H,10H2,1-4H3. The molecule has 0 fully saturated rings. The van der Waals surface area contributed by atoms with E-state index in [0.717, 1.165) is 17.0 Å². The van der Waals surface area contributed by atoms with E-state index in [4.69, 9.17) is 5.11 Å². The van der Waals surface area contributed by atoms with E-state index in [9.17, 15) is 0 Å². The van der Waals surface area contributed by atoms with Crippen LogP contribution in [0.5, 0.6) is 0 Å². The molecule has 1 heterocycles. The minimum atomic E-state index is -0.130. The predicted molar refractivity (Wildman–Crippen MR) is 76.8 cm³/mol. The summed E-state index contributed by atoms with van der Waals surface area (Å²) in [4.78, 5) is 8.53. The third-order valence-electron chi connectivity index (χ3n) is 3.09. The molecule has 1 N–H and O–H groups in total. The fourth-order valence-corrected chi connectivity index (χ4v) is 1.99. The molecular weight excluding hydrogens is 236 g/mol. The third kappa shape index (κ3) is 3.18. The number of hydrogen-bond acceptors (Lipinski definition) is 3. The number of rotatable bonds is 2. The van der Waals surface area contributed by atoms with Crippen molar-refractivity contribution in [2.24, 2.45) is 0 Å². The Bertz CT molecular complexity index is 568. The maximum Gasteiger partial charge on any atom is 0.154 e. The van der Waals surface area contributed by atoms with Crippen LogP contribution in [0.1, 0.15) is 37.9 Å². The largest absolute Gasteiger partial charge is 0.388 e. The zero-order valence-electron chi connectivity index (χ0n) is 11.9. The van der Waals surface area contributed by atoms with Crippen LogP contribution in [0.15, 0.2) is 30.3 Å². The number of benzene rings is 1. The Morgan fingerprint density at radius 2 is 1.68 bits per heavy atom. The minimum Gasteiger partial charge on any atom is -0.388 e. The molecular formula is C16H20N2O. The average Bonchev–Trinajstić information content (AvgIpc) is 2.37. The minimum absolute atomic E-state index is 0.130. The molecule has 3 heteroatoms. The Morgan fingerprint density at radius 1 is 1.05 bits per heavy atom. The summed E-state index contributed by atoms with van der Waals surface area (Å²) < 4.78 is 0. The van der Waals surface area contributed by atoms with Gasteiger partial charge in [-0.1, -0.05) is 45.0 Å². The van der Waals surface area contributed by atoms with E-state index in [0.29, 0.717) is 5.82 Å². The van der Waals surface area contributed by atoms with Gasteiger partial charge in [0.1, 0.15) is 6.61 Å². The maximum absolute atomic E-state index is 9.16. The fraction of sp³-hybridized carbons (Fsp3) is 0.375. The molecule has 0 bridgehead atoms. The Balaban J connectivity index is 2.40. The van der Waals surface area contributed by atoms with Crippen LogP contribution in [0.3, 0.4) is 0 Å². The van der Waals surface area contributed by atoms with Gasteiger partial charge in [0, 0.05) is 11.3 Å². The van der Waals surface area contributed by atoms with Gasteiger partial charge in [0.15, 0.2) is 5.82 Å². The van der Waals surface area contributed by atoms with E-state index in [1.807, 2.05) is 13.0 Å². The number of nitrogens with zero attached hydrogens (tertiary/aromatic N) is 2. The molecule has 0 aliphatic carbocycles. The molecule has 0 saturated carbocycles. The summed E-state index contributed by atoms with van der Waals surface area (Å²) in [5.41, 5.74) is 4.22. The summed E-state index contributed by atoms with van der Waals surface area (Å²) >= 11 is 0. The van der Waals surface area contributed by atoms with Crippen LogP contribution < -0.4 is 0 Å². The van der Waals surface area contributed by atoms with Crippen LogP contribution in [0.25, 0.3) is 11.3 Å². The first-order valence-corrected chi connectivity index (χ1v) is 6.46. The normalized spacial score (nSPS) is 11.6. The van der Waals surface area contributed by atoms with Crippen molar-refractivity contribution in [2.45, 2.75) is 39.7 Å². The maximum atomic E-state index is 9.16. The van der Waals surface area contributed by atoms with Crippen molar-refractivity contribution >= 4 is 0 Å². The second kappa shape index (κ2) is 5.10. The summed E-state index contributed by atoms with van der Waals surface area (Å²) in [6.07, 6.45) is 0. The van der Waals surface area contributed by atoms with Gasteiger partial charge in [0.05, 0.1) is 5.69 Å². The molecule has 2 aromatic rings. The summed E-state index contributed by atoms with van der Waals surface area (Å²) in [5, 5.41) is 9.16.